The number of nitrogens with zero attached hydrogens (tertiary/aromatic N) is 3. The summed E-state index contributed by atoms with van der Waals surface area (Å²) >= 11 is 0. The average molecular weight is 264 g/mol. The van der Waals surface area contributed by atoms with Gasteiger partial charge in [-0.15, -0.1) is 0 Å². The van der Waals surface area contributed by atoms with Gasteiger partial charge in [0.1, 0.15) is 0 Å². The Morgan fingerprint density at radius 2 is 1.85 bits per heavy atom. The van der Waals surface area contributed by atoms with E-state index >= 15 is 0 Å². The maximum absolute atomic E-state index is 12.5. The molecule has 2 aromatic carbocycles. The minimum absolute atomic E-state index is 0.0556. The van der Waals surface area contributed by atoms with Crippen LogP contribution in [0.15, 0.2) is 53.5 Å². The Balaban J connectivity index is 2.21. The first-order valence-electron chi connectivity index (χ1n) is 6.36. The lowest BCUT2D eigenvalue weighted by molar-refractivity contribution is 0.848. The molecule has 1 N–H and O–H groups in total. The van der Waals surface area contributed by atoms with Gasteiger partial charge in [-0.25, -0.2) is 4.79 Å². The van der Waals surface area contributed by atoms with E-state index in [9.17, 15) is 4.79 Å². The molecule has 0 fully saturated rings. The van der Waals surface area contributed by atoms with Crippen LogP contribution in [-0.4, -0.2) is 19.3 Å². The van der Waals surface area contributed by atoms with E-state index < -0.39 is 0 Å². The van der Waals surface area contributed by atoms with Gasteiger partial charge in [-0.1, -0.05) is 18.2 Å². The number of benzene rings is 2. The van der Waals surface area contributed by atoms with Crippen molar-refractivity contribution in [2.24, 2.45) is 7.05 Å². The van der Waals surface area contributed by atoms with Gasteiger partial charge in [0.05, 0.1) is 28.4 Å². The molecule has 0 atom stereocenters. The molecule has 98 valence electrons. The molecule has 5 heteroatoms. The van der Waals surface area contributed by atoms with Crippen molar-refractivity contribution < 1.29 is 0 Å². The SMILES string of the molecule is Cn1c(=O)n(-c2cccc3[nH]ncc23)c2ccccc21. The lowest BCUT2D eigenvalue weighted by Gasteiger charge is -2.04. The molecular weight excluding hydrogens is 252 g/mol. The van der Waals surface area contributed by atoms with Gasteiger partial charge in [-0.2, -0.15) is 5.10 Å². The van der Waals surface area contributed by atoms with Crippen LogP contribution in [0.4, 0.5) is 0 Å². The lowest BCUT2D eigenvalue weighted by Crippen LogP contribution is -2.20. The third-order valence-corrected chi connectivity index (χ3v) is 3.66. The smallest absolute Gasteiger partial charge is 0.295 e. The highest BCUT2D eigenvalue weighted by Crippen LogP contribution is 2.23. The Labute approximate surface area is 114 Å². The molecule has 0 unspecified atom stereocenters. The molecule has 4 rings (SSSR count). The molecule has 0 aliphatic heterocycles. The number of hydrogen-bond donors (Lipinski definition) is 1. The number of aromatic nitrogens is 4. The zero-order valence-corrected chi connectivity index (χ0v) is 10.9. The van der Waals surface area contributed by atoms with E-state index in [4.69, 9.17) is 0 Å². The fourth-order valence-corrected chi connectivity index (χ4v) is 2.67. The normalized spacial score (nSPS) is 11.4. The quantitative estimate of drug-likeness (QED) is 0.573. The van der Waals surface area contributed by atoms with E-state index in [2.05, 4.69) is 10.2 Å². The van der Waals surface area contributed by atoms with Crippen LogP contribution >= 0.6 is 0 Å². The van der Waals surface area contributed by atoms with E-state index in [-0.39, 0.29) is 5.69 Å². The summed E-state index contributed by atoms with van der Waals surface area (Å²) in [6.07, 6.45) is 1.75. The molecule has 0 saturated carbocycles. The van der Waals surface area contributed by atoms with E-state index in [1.54, 1.807) is 22.4 Å². The Morgan fingerprint density at radius 3 is 2.70 bits per heavy atom. The van der Waals surface area contributed by atoms with Crippen molar-refractivity contribution >= 4 is 21.9 Å². The van der Waals surface area contributed by atoms with Crippen LogP contribution in [0.1, 0.15) is 0 Å². The summed E-state index contributed by atoms with van der Waals surface area (Å²) < 4.78 is 3.39. The topological polar surface area (TPSA) is 55.6 Å². The van der Waals surface area contributed by atoms with Crippen LogP contribution in [0, 0.1) is 0 Å². The molecule has 0 saturated heterocycles. The number of nitrogens with one attached hydrogen (secondary N) is 1. The monoisotopic (exact) mass is 264 g/mol. The van der Waals surface area contributed by atoms with Gasteiger partial charge in [0.2, 0.25) is 0 Å². The van der Waals surface area contributed by atoms with Gasteiger partial charge < -0.3 is 0 Å². The molecule has 4 aromatic rings. The second kappa shape index (κ2) is 3.84. The number of hydrogen-bond acceptors (Lipinski definition) is 2. The lowest BCUT2D eigenvalue weighted by atomic mass is 10.2. The van der Waals surface area contributed by atoms with Crippen molar-refractivity contribution in [2.45, 2.75) is 0 Å². The maximum Gasteiger partial charge on any atom is 0.333 e. The number of aryl methyl sites for hydroxylation is 1. The summed E-state index contributed by atoms with van der Waals surface area (Å²) in [5, 5.41) is 7.92. The molecule has 0 radical (unpaired) electrons. The zero-order chi connectivity index (χ0) is 13.7. The fraction of sp³-hybridized carbons (Fsp3) is 0.0667. The van der Waals surface area contributed by atoms with Gasteiger partial charge in [0.25, 0.3) is 0 Å². The number of para-hydroxylation sites is 2. The van der Waals surface area contributed by atoms with Crippen LogP contribution < -0.4 is 5.69 Å². The van der Waals surface area contributed by atoms with Crippen LogP contribution in [0.3, 0.4) is 0 Å². The van der Waals surface area contributed by atoms with Gasteiger partial charge in [-0.05, 0) is 24.3 Å². The first-order chi connectivity index (χ1) is 9.77. The van der Waals surface area contributed by atoms with Gasteiger partial charge in [0.15, 0.2) is 0 Å². The Hall–Kier alpha value is -2.82. The third-order valence-electron chi connectivity index (χ3n) is 3.66. The highest BCUT2D eigenvalue weighted by atomic mass is 16.1. The van der Waals surface area contributed by atoms with Crippen LogP contribution in [0.25, 0.3) is 27.6 Å². The van der Waals surface area contributed by atoms with Crippen molar-refractivity contribution in [1.82, 2.24) is 19.3 Å². The Kier molecular flexibility index (Phi) is 2.12. The predicted molar refractivity (Wildman–Crippen MR) is 78.2 cm³/mol. The fourth-order valence-electron chi connectivity index (χ4n) is 2.67. The molecular formula is C15H12N4O. The second-order valence-electron chi connectivity index (χ2n) is 4.77. The van der Waals surface area contributed by atoms with Crippen LogP contribution in [0.2, 0.25) is 0 Å². The van der Waals surface area contributed by atoms with Crippen LogP contribution in [0.5, 0.6) is 0 Å². The van der Waals surface area contributed by atoms with Crippen molar-refractivity contribution in [3.8, 4) is 5.69 Å². The van der Waals surface area contributed by atoms with E-state index in [0.717, 1.165) is 27.6 Å². The number of H-pyrrole nitrogens is 1. The van der Waals surface area contributed by atoms with Crippen molar-refractivity contribution in [3.05, 3.63) is 59.1 Å². The Bertz CT molecular complexity index is 990. The zero-order valence-electron chi connectivity index (χ0n) is 10.9. The first kappa shape index (κ1) is 11.0. The molecule has 5 nitrogen and oxygen atoms in total. The molecule has 2 heterocycles. The average Bonchev–Trinajstić information content (AvgIpc) is 3.04. The maximum atomic E-state index is 12.5. The van der Waals surface area contributed by atoms with Gasteiger partial charge in [0, 0.05) is 12.4 Å². The summed E-state index contributed by atoms with van der Waals surface area (Å²) in [4.78, 5) is 12.5. The highest BCUT2D eigenvalue weighted by Gasteiger charge is 2.14. The molecule has 20 heavy (non-hydrogen) atoms. The third kappa shape index (κ3) is 1.31. The minimum atomic E-state index is -0.0556. The van der Waals surface area contributed by atoms with Crippen LogP contribution in [-0.2, 0) is 7.05 Å². The van der Waals surface area contributed by atoms with E-state index in [1.807, 2.05) is 42.5 Å². The largest absolute Gasteiger partial charge is 0.333 e. The number of fused-ring (bicyclic) bond motifs is 2. The van der Waals surface area contributed by atoms with E-state index in [0.29, 0.717) is 0 Å². The highest BCUT2D eigenvalue weighted by molar-refractivity contribution is 5.89. The number of imidazole rings is 1. The van der Waals surface area contributed by atoms with Crippen molar-refractivity contribution in [2.75, 3.05) is 0 Å². The summed E-state index contributed by atoms with van der Waals surface area (Å²) in [5.41, 5.74) is 3.52. The standard InChI is InChI=1S/C15H12N4O/c1-18-13-6-2-3-7-14(13)19(15(18)20)12-8-4-5-11-10(12)9-16-17-11/h2-9H,1H3,(H,16,17). The summed E-state index contributed by atoms with van der Waals surface area (Å²) in [5.74, 6) is 0. The summed E-state index contributed by atoms with van der Waals surface area (Å²) in [6.45, 7) is 0. The van der Waals surface area contributed by atoms with Crippen molar-refractivity contribution in [1.29, 1.82) is 0 Å². The molecule has 0 bridgehead atoms. The van der Waals surface area contributed by atoms with Gasteiger partial charge >= 0.3 is 5.69 Å². The minimum Gasteiger partial charge on any atom is -0.295 e. The summed E-state index contributed by atoms with van der Waals surface area (Å²) in [7, 11) is 1.79. The molecule has 0 amide bonds. The molecule has 0 spiro atoms. The molecule has 0 aliphatic rings. The molecule has 2 aromatic heterocycles. The summed E-state index contributed by atoms with van der Waals surface area (Å²) in [6, 6.07) is 13.6. The first-order valence-corrected chi connectivity index (χ1v) is 6.36. The Morgan fingerprint density at radius 1 is 1.05 bits per heavy atom. The molecule has 0 aliphatic carbocycles. The van der Waals surface area contributed by atoms with Gasteiger partial charge in [-0.3, -0.25) is 14.2 Å². The predicted octanol–water partition coefficient (Wildman–Crippen LogP) is 2.21. The second-order valence-corrected chi connectivity index (χ2v) is 4.77. The van der Waals surface area contributed by atoms with E-state index in [1.165, 1.54) is 0 Å². The number of rotatable bonds is 1. The van der Waals surface area contributed by atoms with Crippen molar-refractivity contribution in [3.63, 3.8) is 0 Å². The number of aromatic amines is 1.